The molecule has 1 aliphatic rings. The van der Waals surface area contributed by atoms with Crippen LogP contribution in [-0.2, 0) is 0 Å². The van der Waals surface area contributed by atoms with E-state index in [2.05, 4.69) is 86.6 Å². The van der Waals surface area contributed by atoms with Crippen LogP contribution in [-0.4, -0.2) is 7.11 Å². The van der Waals surface area contributed by atoms with Crippen LogP contribution in [0.1, 0.15) is 76.7 Å². The van der Waals surface area contributed by atoms with E-state index in [-0.39, 0.29) is 0 Å². The molecule has 0 saturated heterocycles. The Morgan fingerprint density at radius 2 is 1.52 bits per heavy atom. The molecule has 0 aromatic heterocycles. The zero-order valence-electron chi connectivity index (χ0n) is 20.7. The molecule has 3 aromatic carbocycles. The topological polar surface area (TPSA) is 9.23 Å². The molecule has 0 radical (unpaired) electrons. The van der Waals surface area contributed by atoms with E-state index in [1.165, 1.54) is 79.2 Å². The SMILES string of the molecule is CCCCC1CCCCC1C(CC)c1ccc(-c2ccc(-c3ccccc3)cc2)c(OC)c1. The minimum Gasteiger partial charge on any atom is -0.496 e. The maximum atomic E-state index is 5.93. The zero-order valence-corrected chi connectivity index (χ0v) is 20.7. The van der Waals surface area contributed by atoms with Crippen LogP contribution >= 0.6 is 0 Å². The van der Waals surface area contributed by atoms with Gasteiger partial charge in [-0.25, -0.2) is 0 Å². The highest BCUT2D eigenvalue weighted by atomic mass is 16.5. The zero-order chi connectivity index (χ0) is 23.0. The number of hydrogen-bond acceptors (Lipinski definition) is 1. The van der Waals surface area contributed by atoms with Crippen molar-refractivity contribution in [3.8, 4) is 28.0 Å². The summed E-state index contributed by atoms with van der Waals surface area (Å²) in [5, 5.41) is 0. The van der Waals surface area contributed by atoms with Gasteiger partial charge in [0, 0.05) is 5.56 Å². The summed E-state index contributed by atoms with van der Waals surface area (Å²) in [4.78, 5) is 0. The van der Waals surface area contributed by atoms with Crippen molar-refractivity contribution in [2.75, 3.05) is 7.11 Å². The van der Waals surface area contributed by atoms with E-state index in [1.54, 1.807) is 0 Å². The van der Waals surface area contributed by atoms with E-state index in [4.69, 9.17) is 4.74 Å². The van der Waals surface area contributed by atoms with Crippen LogP contribution in [0.15, 0.2) is 72.8 Å². The number of hydrogen-bond donors (Lipinski definition) is 0. The van der Waals surface area contributed by atoms with E-state index in [0.717, 1.165) is 17.6 Å². The molecule has 0 amide bonds. The van der Waals surface area contributed by atoms with Gasteiger partial charge in [0.2, 0.25) is 0 Å². The van der Waals surface area contributed by atoms with Crippen molar-refractivity contribution in [2.45, 2.75) is 71.1 Å². The smallest absolute Gasteiger partial charge is 0.126 e. The Bertz CT molecular complexity index is 989. The van der Waals surface area contributed by atoms with Gasteiger partial charge in [-0.3, -0.25) is 0 Å². The van der Waals surface area contributed by atoms with E-state index < -0.39 is 0 Å². The minimum absolute atomic E-state index is 0.635. The van der Waals surface area contributed by atoms with Crippen LogP contribution in [0.5, 0.6) is 5.75 Å². The normalized spacial score (nSPS) is 19.2. The van der Waals surface area contributed by atoms with Gasteiger partial charge in [-0.15, -0.1) is 0 Å². The molecule has 33 heavy (non-hydrogen) atoms. The number of benzene rings is 3. The summed E-state index contributed by atoms with van der Waals surface area (Å²) in [5.41, 5.74) is 6.36. The molecule has 3 unspecified atom stereocenters. The van der Waals surface area contributed by atoms with Crippen LogP contribution in [0.3, 0.4) is 0 Å². The third-order valence-electron chi connectivity index (χ3n) is 7.81. The molecular weight excluding hydrogens is 400 g/mol. The maximum absolute atomic E-state index is 5.93. The first kappa shape index (κ1) is 23.6. The van der Waals surface area contributed by atoms with Gasteiger partial charge in [0.25, 0.3) is 0 Å². The van der Waals surface area contributed by atoms with Gasteiger partial charge in [-0.2, -0.15) is 0 Å². The van der Waals surface area contributed by atoms with Gasteiger partial charge >= 0.3 is 0 Å². The molecule has 3 atom stereocenters. The number of ether oxygens (including phenoxy) is 1. The molecule has 1 aliphatic carbocycles. The van der Waals surface area contributed by atoms with E-state index in [0.29, 0.717) is 5.92 Å². The number of rotatable bonds is 9. The molecule has 1 fully saturated rings. The highest BCUT2D eigenvalue weighted by Gasteiger charge is 2.31. The molecule has 0 bridgehead atoms. The molecular formula is C32H40O. The number of unbranched alkanes of at least 4 members (excludes halogenated alkanes) is 1. The average molecular weight is 441 g/mol. The van der Waals surface area contributed by atoms with E-state index in [9.17, 15) is 0 Å². The minimum atomic E-state index is 0.635. The second kappa shape index (κ2) is 11.5. The third kappa shape index (κ3) is 5.52. The Hall–Kier alpha value is -2.54. The summed E-state index contributed by atoms with van der Waals surface area (Å²) in [6.07, 6.45) is 10.9. The van der Waals surface area contributed by atoms with Gasteiger partial charge < -0.3 is 4.74 Å². The van der Waals surface area contributed by atoms with Crippen molar-refractivity contribution >= 4 is 0 Å². The first-order valence-corrected chi connectivity index (χ1v) is 13.1. The van der Waals surface area contributed by atoms with Crippen molar-refractivity contribution in [1.82, 2.24) is 0 Å². The van der Waals surface area contributed by atoms with Crippen LogP contribution in [0, 0.1) is 11.8 Å². The van der Waals surface area contributed by atoms with Crippen molar-refractivity contribution in [3.63, 3.8) is 0 Å². The largest absolute Gasteiger partial charge is 0.496 e. The van der Waals surface area contributed by atoms with Gasteiger partial charge in [0.15, 0.2) is 0 Å². The van der Waals surface area contributed by atoms with Crippen molar-refractivity contribution < 1.29 is 4.74 Å². The van der Waals surface area contributed by atoms with Gasteiger partial charge in [-0.05, 0) is 58.9 Å². The molecule has 0 aliphatic heterocycles. The molecule has 0 spiro atoms. The van der Waals surface area contributed by atoms with E-state index in [1.807, 2.05) is 7.11 Å². The van der Waals surface area contributed by atoms with Crippen LogP contribution < -0.4 is 4.74 Å². The summed E-state index contributed by atoms with van der Waals surface area (Å²) in [6, 6.07) is 26.4. The summed E-state index contributed by atoms with van der Waals surface area (Å²) < 4.78 is 5.93. The first-order valence-electron chi connectivity index (χ1n) is 13.1. The first-order chi connectivity index (χ1) is 16.2. The predicted molar refractivity (Wildman–Crippen MR) is 142 cm³/mol. The van der Waals surface area contributed by atoms with Gasteiger partial charge in [0.05, 0.1) is 7.11 Å². The molecule has 1 saturated carbocycles. The van der Waals surface area contributed by atoms with Gasteiger partial charge in [0.1, 0.15) is 5.75 Å². The fourth-order valence-electron chi connectivity index (χ4n) is 6.03. The summed E-state index contributed by atoms with van der Waals surface area (Å²) in [6.45, 7) is 4.70. The Morgan fingerprint density at radius 1 is 0.818 bits per heavy atom. The summed E-state index contributed by atoms with van der Waals surface area (Å²) in [5.74, 6) is 3.34. The third-order valence-corrected chi connectivity index (χ3v) is 7.81. The highest BCUT2D eigenvalue weighted by molar-refractivity contribution is 5.74. The lowest BCUT2D eigenvalue weighted by Gasteiger charge is -2.37. The molecule has 0 N–H and O–H groups in total. The second-order valence-electron chi connectivity index (χ2n) is 9.77. The molecule has 1 nitrogen and oxygen atoms in total. The Morgan fingerprint density at radius 3 is 2.21 bits per heavy atom. The lowest BCUT2D eigenvalue weighted by Crippen LogP contribution is -2.25. The van der Waals surface area contributed by atoms with Gasteiger partial charge in [-0.1, -0.05) is 119 Å². The van der Waals surface area contributed by atoms with Crippen LogP contribution in [0.2, 0.25) is 0 Å². The fraction of sp³-hybridized carbons (Fsp3) is 0.438. The molecule has 174 valence electrons. The maximum Gasteiger partial charge on any atom is 0.126 e. The second-order valence-corrected chi connectivity index (χ2v) is 9.77. The standard InChI is InChI=1S/C32H40O/c1-4-6-12-26-15-10-11-16-30(26)29(5-2)28-21-22-31(32(23-28)33-3)27-19-17-25(18-20-27)24-13-8-7-9-14-24/h7-9,13-14,17-23,26,29-30H,4-6,10-12,15-16H2,1-3H3. The van der Waals surface area contributed by atoms with Crippen LogP contribution in [0.4, 0.5) is 0 Å². The van der Waals surface area contributed by atoms with Crippen molar-refractivity contribution in [1.29, 1.82) is 0 Å². The number of methoxy groups -OCH3 is 1. The Balaban J connectivity index is 1.59. The van der Waals surface area contributed by atoms with Crippen molar-refractivity contribution in [2.24, 2.45) is 11.8 Å². The Labute approximate surface area is 201 Å². The average Bonchev–Trinajstić information content (AvgIpc) is 2.89. The lowest BCUT2D eigenvalue weighted by atomic mass is 9.68. The quantitative estimate of drug-likeness (QED) is 0.322. The van der Waals surface area contributed by atoms with E-state index >= 15 is 0 Å². The van der Waals surface area contributed by atoms with Crippen molar-refractivity contribution in [3.05, 3.63) is 78.4 Å². The highest BCUT2D eigenvalue weighted by Crippen LogP contribution is 2.45. The lowest BCUT2D eigenvalue weighted by molar-refractivity contribution is 0.183. The Kier molecular flexibility index (Phi) is 8.26. The fourth-order valence-corrected chi connectivity index (χ4v) is 6.03. The summed E-state index contributed by atoms with van der Waals surface area (Å²) in [7, 11) is 1.81. The molecule has 4 rings (SSSR count). The van der Waals surface area contributed by atoms with Crippen LogP contribution in [0.25, 0.3) is 22.3 Å². The monoisotopic (exact) mass is 440 g/mol. The predicted octanol–water partition coefficient (Wildman–Crippen LogP) is 9.52. The molecule has 3 aromatic rings. The molecule has 1 heteroatoms. The summed E-state index contributed by atoms with van der Waals surface area (Å²) >= 11 is 0. The molecule has 0 heterocycles.